The molecule has 1 aromatic heterocycles. The molecule has 0 aliphatic rings. The zero-order valence-electron chi connectivity index (χ0n) is 12.0. The molecule has 106 valence electrons. The van der Waals surface area contributed by atoms with E-state index in [1.54, 1.807) is 6.20 Å². The van der Waals surface area contributed by atoms with Crippen molar-refractivity contribution in [2.45, 2.75) is 13.0 Å². The van der Waals surface area contributed by atoms with Gasteiger partial charge in [-0.2, -0.15) is 0 Å². The molecule has 1 heterocycles. The first-order valence-corrected chi connectivity index (χ1v) is 7.05. The van der Waals surface area contributed by atoms with E-state index in [-0.39, 0.29) is 6.10 Å². The summed E-state index contributed by atoms with van der Waals surface area (Å²) in [5, 5.41) is 1.07. The smallest absolute Gasteiger partial charge is 0.146 e. The van der Waals surface area contributed by atoms with Crippen molar-refractivity contribution < 1.29 is 4.74 Å². The number of pyridine rings is 1. The lowest BCUT2D eigenvalue weighted by atomic mass is 10.0. The lowest BCUT2D eigenvalue weighted by Crippen LogP contribution is -2.19. The molecule has 3 heteroatoms. The lowest BCUT2D eigenvalue weighted by molar-refractivity contribution is 0.216. The summed E-state index contributed by atoms with van der Waals surface area (Å²) in [6, 6.07) is 18.1. The van der Waals surface area contributed by atoms with Gasteiger partial charge in [0.1, 0.15) is 17.4 Å². The van der Waals surface area contributed by atoms with Crippen molar-refractivity contribution >= 4 is 10.9 Å². The topological polar surface area (TPSA) is 48.1 Å². The van der Waals surface area contributed by atoms with Crippen LogP contribution in [-0.4, -0.2) is 11.5 Å². The summed E-state index contributed by atoms with van der Waals surface area (Å²) in [4.78, 5) is 4.42. The number of benzene rings is 2. The maximum absolute atomic E-state index is 6.16. The number of nitrogens with two attached hydrogens (primary N) is 1. The van der Waals surface area contributed by atoms with Crippen molar-refractivity contribution in [3.8, 4) is 5.75 Å². The van der Waals surface area contributed by atoms with Crippen LogP contribution in [0.15, 0.2) is 60.8 Å². The Balaban J connectivity index is 1.98. The van der Waals surface area contributed by atoms with Gasteiger partial charge in [0, 0.05) is 18.1 Å². The third-order valence-electron chi connectivity index (χ3n) is 3.61. The van der Waals surface area contributed by atoms with Crippen molar-refractivity contribution in [3.05, 3.63) is 71.9 Å². The predicted octanol–water partition coefficient (Wildman–Crippen LogP) is 3.62. The van der Waals surface area contributed by atoms with Gasteiger partial charge in [-0.25, -0.2) is 0 Å². The van der Waals surface area contributed by atoms with Gasteiger partial charge in [0.25, 0.3) is 0 Å². The Morgan fingerprint density at radius 3 is 2.67 bits per heavy atom. The van der Waals surface area contributed by atoms with Gasteiger partial charge in [-0.1, -0.05) is 42.5 Å². The minimum atomic E-state index is -0.168. The molecule has 2 aromatic carbocycles. The molecule has 3 nitrogen and oxygen atoms in total. The average molecular weight is 278 g/mol. The molecule has 0 spiro atoms. The normalized spacial score (nSPS) is 12.3. The highest BCUT2D eigenvalue weighted by Gasteiger charge is 2.15. The number of hydrogen-bond donors (Lipinski definition) is 1. The van der Waals surface area contributed by atoms with Crippen molar-refractivity contribution in [2.75, 3.05) is 6.54 Å². The van der Waals surface area contributed by atoms with Crippen LogP contribution in [-0.2, 0) is 0 Å². The number of rotatable bonds is 4. The van der Waals surface area contributed by atoms with E-state index in [9.17, 15) is 0 Å². The van der Waals surface area contributed by atoms with Crippen molar-refractivity contribution in [1.82, 2.24) is 4.98 Å². The Hall–Kier alpha value is -2.39. The number of hydrogen-bond acceptors (Lipinski definition) is 3. The van der Waals surface area contributed by atoms with Crippen LogP contribution in [0.25, 0.3) is 10.9 Å². The van der Waals surface area contributed by atoms with E-state index in [0.29, 0.717) is 6.54 Å². The molecule has 0 saturated carbocycles. The second-order valence-electron chi connectivity index (χ2n) is 5.03. The molecule has 0 saturated heterocycles. The molecule has 21 heavy (non-hydrogen) atoms. The molecule has 2 N–H and O–H groups in total. The Labute approximate surface area is 124 Å². The number of aromatic nitrogens is 1. The first-order valence-electron chi connectivity index (χ1n) is 7.05. The quantitative estimate of drug-likeness (QED) is 0.793. The molecule has 0 aliphatic carbocycles. The molecule has 1 unspecified atom stereocenters. The van der Waals surface area contributed by atoms with E-state index < -0.39 is 0 Å². The second kappa shape index (κ2) is 5.94. The number of nitrogens with zero attached hydrogens (tertiary/aromatic N) is 1. The van der Waals surface area contributed by atoms with Gasteiger partial charge >= 0.3 is 0 Å². The van der Waals surface area contributed by atoms with Gasteiger partial charge in [0.05, 0.1) is 0 Å². The molecule has 1 atom stereocenters. The first kappa shape index (κ1) is 13.6. The number of para-hydroxylation sites is 1. The van der Waals surface area contributed by atoms with Crippen LogP contribution in [0.1, 0.15) is 17.2 Å². The summed E-state index contributed by atoms with van der Waals surface area (Å²) < 4.78 is 6.16. The molecule has 0 radical (unpaired) electrons. The van der Waals surface area contributed by atoms with Gasteiger partial charge < -0.3 is 10.5 Å². The van der Waals surface area contributed by atoms with Gasteiger partial charge in [0.2, 0.25) is 0 Å². The Morgan fingerprint density at radius 2 is 1.86 bits per heavy atom. The van der Waals surface area contributed by atoms with Crippen LogP contribution in [0.2, 0.25) is 0 Å². The molecule has 0 aliphatic heterocycles. The molecule has 0 fully saturated rings. The summed E-state index contributed by atoms with van der Waals surface area (Å²) in [6.45, 7) is 2.50. The maximum atomic E-state index is 6.16. The minimum absolute atomic E-state index is 0.168. The number of ether oxygens (including phenoxy) is 1. The van der Waals surface area contributed by atoms with Crippen LogP contribution in [0.3, 0.4) is 0 Å². The summed E-state index contributed by atoms with van der Waals surface area (Å²) in [7, 11) is 0. The highest BCUT2D eigenvalue weighted by molar-refractivity contribution is 5.84. The van der Waals surface area contributed by atoms with Gasteiger partial charge in [-0.15, -0.1) is 0 Å². The van der Waals surface area contributed by atoms with Crippen LogP contribution in [0.4, 0.5) is 0 Å². The Morgan fingerprint density at radius 1 is 1.05 bits per heavy atom. The zero-order valence-corrected chi connectivity index (χ0v) is 12.0. The highest BCUT2D eigenvalue weighted by Crippen LogP contribution is 2.28. The fraction of sp³-hybridized carbons (Fsp3) is 0.167. The third kappa shape index (κ3) is 2.73. The van der Waals surface area contributed by atoms with E-state index in [0.717, 1.165) is 22.2 Å². The Bertz CT molecular complexity index is 750. The summed E-state index contributed by atoms with van der Waals surface area (Å²) in [5.74, 6) is 0.770. The highest BCUT2D eigenvalue weighted by atomic mass is 16.5. The standard InChI is InChI=1S/C18H18N2O/c1-13-6-2-3-9-15(13)17(12-19)21-16-10-4-7-14-8-5-11-20-18(14)16/h2-11,17H,12,19H2,1H3. The largest absolute Gasteiger partial charge is 0.482 e. The summed E-state index contributed by atoms with van der Waals surface area (Å²) in [5.41, 5.74) is 9.09. The number of aryl methyl sites for hydroxylation is 1. The molecule has 0 amide bonds. The molecular formula is C18H18N2O. The molecule has 3 aromatic rings. The molecule has 3 rings (SSSR count). The fourth-order valence-electron chi connectivity index (χ4n) is 2.51. The van der Waals surface area contributed by atoms with E-state index in [1.165, 1.54) is 5.56 Å². The Kier molecular flexibility index (Phi) is 3.84. The van der Waals surface area contributed by atoms with Gasteiger partial charge in [0.15, 0.2) is 0 Å². The zero-order chi connectivity index (χ0) is 14.7. The van der Waals surface area contributed by atoms with E-state index >= 15 is 0 Å². The van der Waals surface area contributed by atoms with Crippen molar-refractivity contribution in [2.24, 2.45) is 5.73 Å². The maximum Gasteiger partial charge on any atom is 0.146 e. The predicted molar refractivity (Wildman–Crippen MR) is 85.3 cm³/mol. The fourth-order valence-corrected chi connectivity index (χ4v) is 2.51. The number of fused-ring (bicyclic) bond motifs is 1. The first-order chi connectivity index (χ1) is 10.3. The SMILES string of the molecule is Cc1ccccc1C(CN)Oc1cccc2cccnc12. The van der Waals surface area contributed by atoms with Crippen LogP contribution < -0.4 is 10.5 Å². The average Bonchev–Trinajstić information content (AvgIpc) is 2.53. The van der Waals surface area contributed by atoms with Crippen LogP contribution in [0, 0.1) is 6.92 Å². The monoisotopic (exact) mass is 278 g/mol. The summed E-state index contributed by atoms with van der Waals surface area (Å²) in [6.07, 6.45) is 1.61. The molecule has 0 bridgehead atoms. The van der Waals surface area contributed by atoms with Gasteiger partial charge in [-0.05, 0) is 30.2 Å². The van der Waals surface area contributed by atoms with Crippen LogP contribution in [0.5, 0.6) is 5.75 Å². The van der Waals surface area contributed by atoms with Crippen molar-refractivity contribution in [1.29, 1.82) is 0 Å². The minimum Gasteiger partial charge on any atom is -0.482 e. The van der Waals surface area contributed by atoms with E-state index in [4.69, 9.17) is 10.5 Å². The van der Waals surface area contributed by atoms with Crippen molar-refractivity contribution in [3.63, 3.8) is 0 Å². The van der Waals surface area contributed by atoms with Crippen LogP contribution >= 0.6 is 0 Å². The molecular weight excluding hydrogens is 260 g/mol. The summed E-state index contributed by atoms with van der Waals surface area (Å²) >= 11 is 0. The van der Waals surface area contributed by atoms with E-state index in [1.807, 2.05) is 42.5 Å². The lowest BCUT2D eigenvalue weighted by Gasteiger charge is -2.20. The second-order valence-corrected chi connectivity index (χ2v) is 5.03. The van der Waals surface area contributed by atoms with Gasteiger partial charge in [-0.3, -0.25) is 4.98 Å². The third-order valence-corrected chi connectivity index (χ3v) is 3.61. The van der Waals surface area contributed by atoms with E-state index in [2.05, 4.69) is 24.0 Å².